The number of hydrogen-bond donors (Lipinski definition) is 2. The maximum Gasteiger partial charge on any atom is 0.488 e. The largest absolute Gasteiger partial charge is 0.488 e. The van der Waals surface area contributed by atoms with E-state index in [2.05, 4.69) is 4.74 Å². The normalized spacial score (nSPS) is 16.9. The summed E-state index contributed by atoms with van der Waals surface area (Å²) in [6.07, 6.45) is 0. The molecule has 1 heterocycles. The van der Waals surface area contributed by atoms with Crippen LogP contribution in [0.1, 0.15) is 0 Å². The second kappa shape index (κ2) is 2.96. The van der Waals surface area contributed by atoms with Crippen molar-refractivity contribution in [1.82, 2.24) is 0 Å². The molecule has 0 fully saturated rings. The Balaban J connectivity index is 2.36. The fourth-order valence-corrected chi connectivity index (χ4v) is 1.28. The van der Waals surface area contributed by atoms with Gasteiger partial charge in [0.15, 0.2) is 0 Å². The second-order valence-corrected chi connectivity index (χ2v) is 2.98. The summed E-state index contributed by atoms with van der Waals surface area (Å²) >= 11 is 0. The monoisotopic (exact) mass is 197 g/mol. The van der Waals surface area contributed by atoms with E-state index in [4.69, 9.17) is 10.0 Å². The molecule has 1 aromatic carbocycles. The molecule has 2 rings (SSSR count). The zero-order valence-electron chi connectivity index (χ0n) is 6.95. The van der Waals surface area contributed by atoms with Crippen LogP contribution in [-0.2, 0) is 0 Å². The molecule has 0 bridgehead atoms. The molecule has 1 radical (unpaired) electrons. The Bertz CT molecular complexity index is 370. The Morgan fingerprint density at radius 1 is 1.36 bits per heavy atom. The quantitative estimate of drug-likeness (QED) is 0.546. The molecule has 0 spiro atoms. The fourth-order valence-electron chi connectivity index (χ4n) is 1.28. The van der Waals surface area contributed by atoms with Crippen molar-refractivity contribution in [3.63, 3.8) is 0 Å². The lowest BCUT2D eigenvalue weighted by Crippen LogP contribution is -2.31. The van der Waals surface area contributed by atoms with Gasteiger partial charge in [-0.25, -0.2) is 0 Å². The van der Waals surface area contributed by atoms with Crippen molar-refractivity contribution in [2.24, 2.45) is 0 Å². The van der Waals surface area contributed by atoms with Gasteiger partial charge < -0.3 is 14.8 Å². The highest BCUT2D eigenvalue weighted by molar-refractivity contribution is 6.61. The first-order valence-corrected chi connectivity index (χ1v) is 3.91. The van der Waals surface area contributed by atoms with Gasteiger partial charge in [-0.2, -0.15) is 8.78 Å². The van der Waals surface area contributed by atoms with Gasteiger partial charge in [0.25, 0.3) is 0 Å². The number of ether oxygens (including phenoxy) is 1. The summed E-state index contributed by atoms with van der Waals surface area (Å²) in [7, 11) is -1.01. The summed E-state index contributed by atoms with van der Waals surface area (Å²) in [6, 6.07) is 0.578. The third-order valence-corrected chi connectivity index (χ3v) is 1.91. The van der Waals surface area contributed by atoms with E-state index < -0.39 is 13.1 Å². The van der Waals surface area contributed by atoms with Crippen LogP contribution in [-0.4, -0.2) is 30.5 Å². The van der Waals surface area contributed by atoms with E-state index in [1.54, 1.807) is 0 Å². The van der Waals surface area contributed by atoms with E-state index in [9.17, 15) is 8.78 Å². The number of alkyl halides is 2. The second-order valence-electron chi connectivity index (χ2n) is 2.98. The van der Waals surface area contributed by atoms with E-state index in [1.165, 1.54) is 18.2 Å². The highest BCUT2D eigenvalue weighted by atomic mass is 19.3. The highest BCUT2D eigenvalue weighted by Gasteiger charge is 2.41. The van der Waals surface area contributed by atoms with Crippen molar-refractivity contribution in [2.75, 3.05) is 0 Å². The number of halogens is 2. The smallest absolute Gasteiger partial charge is 0.441 e. The lowest BCUT2D eigenvalue weighted by Gasteiger charge is -2.08. The van der Waals surface area contributed by atoms with Crippen molar-refractivity contribution >= 4 is 25.3 Å². The van der Waals surface area contributed by atoms with Crippen LogP contribution < -0.4 is 15.7 Å². The molecule has 1 aliphatic rings. The summed E-state index contributed by atoms with van der Waals surface area (Å²) in [5.74, 6) is -0.0411. The molecule has 0 amide bonds. The lowest BCUT2D eigenvalue weighted by atomic mass is 9.69. The van der Waals surface area contributed by atoms with Crippen molar-refractivity contribution in [2.45, 2.75) is 6.01 Å². The average Bonchev–Trinajstić information content (AvgIpc) is 2.36. The molecule has 0 saturated carbocycles. The van der Waals surface area contributed by atoms with Crippen LogP contribution in [0.3, 0.4) is 0 Å². The van der Waals surface area contributed by atoms with Crippen LogP contribution in [0, 0.1) is 0 Å². The van der Waals surface area contributed by atoms with Crippen LogP contribution in [0.5, 0.6) is 5.75 Å². The third-order valence-electron chi connectivity index (χ3n) is 1.91. The molecule has 0 aromatic heterocycles. The van der Waals surface area contributed by atoms with Crippen molar-refractivity contribution in [1.29, 1.82) is 0 Å². The molecule has 3 nitrogen and oxygen atoms in total. The lowest BCUT2D eigenvalue weighted by molar-refractivity contribution is -0.0930. The minimum absolute atomic E-state index is 0.0411. The standard InChI is InChI=1S/C7H5B2F2O3/c10-7(11)8-5-2-1-4(9(12)13)3-6(5)14-7/h1-3,12-13H. The first-order valence-electron chi connectivity index (χ1n) is 3.91. The van der Waals surface area contributed by atoms with Gasteiger partial charge in [0.1, 0.15) is 5.75 Å². The summed E-state index contributed by atoms with van der Waals surface area (Å²) in [4.78, 5) is 0. The summed E-state index contributed by atoms with van der Waals surface area (Å²) in [5, 5.41) is 17.6. The number of hydrogen-bond acceptors (Lipinski definition) is 3. The van der Waals surface area contributed by atoms with Crippen LogP contribution in [0.15, 0.2) is 18.2 Å². The number of benzene rings is 1. The van der Waals surface area contributed by atoms with E-state index in [-0.39, 0.29) is 16.7 Å². The van der Waals surface area contributed by atoms with Gasteiger partial charge in [-0.05, 0) is 17.0 Å². The molecule has 14 heavy (non-hydrogen) atoms. The molecular formula is C7H5B2F2O3. The molecule has 0 atom stereocenters. The highest BCUT2D eigenvalue weighted by Crippen LogP contribution is 2.24. The number of fused-ring (bicyclic) bond motifs is 1. The summed E-state index contributed by atoms with van der Waals surface area (Å²) in [6.45, 7) is 0. The van der Waals surface area contributed by atoms with Gasteiger partial charge in [0, 0.05) is 0 Å². The zero-order valence-corrected chi connectivity index (χ0v) is 6.95. The van der Waals surface area contributed by atoms with E-state index >= 15 is 0 Å². The Morgan fingerprint density at radius 3 is 2.71 bits per heavy atom. The molecule has 2 N–H and O–H groups in total. The molecule has 0 unspecified atom stereocenters. The Hall–Kier alpha value is -1.07. The molecule has 1 aromatic rings. The van der Waals surface area contributed by atoms with Crippen LogP contribution in [0.25, 0.3) is 0 Å². The minimum atomic E-state index is -3.30. The number of rotatable bonds is 1. The predicted octanol–water partition coefficient (Wildman–Crippen LogP) is -1.36. The van der Waals surface area contributed by atoms with Crippen LogP contribution >= 0.6 is 0 Å². The molecule has 0 aliphatic carbocycles. The topological polar surface area (TPSA) is 49.7 Å². The molecular weight excluding hydrogens is 192 g/mol. The Kier molecular flexibility index (Phi) is 2.01. The van der Waals surface area contributed by atoms with Gasteiger partial charge in [-0.15, -0.1) is 0 Å². The van der Waals surface area contributed by atoms with Crippen LogP contribution in [0.2, 0.25) is 0 Å². The van der Waals surface area contributed by atoms with E-state index in [0.717, 1.165) is 0 Å². The fraction of sp³-hybridized carbons (Fsp3) is 0.143. The maximum atomic E-state index is 12.7. The van der Waals surface area contributed by atoms with E-state index in [0.29, 0.717) is 7.28 Å². The molecule has 1 aliphatic heterocycles. The van der Waals surface area contributed by atoms with Crippen molar-refractivity contribution in [3.05, 3.63) is 18.2 Å². The van der Waals surface area contributed by atoms with Gasteiger partial charge >= 0.3 is 20.4 Å². The van der Waals surface area contributed by atoms with Gasteiger partial charge in [-0.3, -0.25) is 0 Å². The minimum Gasteiger partial charge on any atom is -0.441 e. The average molecular weight is 197 g/mol. The van der Waals surface area contributed by atoms with E-state index in [1.807, 2.05) is 0 Å². The Labute approximate surface area is 79.7 Å². The Morgan fingerprint density at radius 2 is 2.07 bits per heavy atom. The van der Waals surface area contributed by atoms with Gasteiger partial charge in [0.05, 0.1) is 0 Å². The molecule has 7 heteroatoms. The van der Waals surface area contributed by atoms with Crippen molar-refractivity contribution in [3.8, 4) is 5.75 Å². The first-order chi connectivity index (χ1) is 6.48. The predicted molar refractivity (Wildman–Crippen MR) is 47.2 cm³/mol. The van der Waals surface area contributed by atoms with Gasteiger partial charge in [-0.1, -0.05) is 12.1 Å². The maximum absolute atomic E-state index is 12.7. The molecule has 71 valence electrons. The first kappa shape index (κ1) is 9.48. The summed E-state index contributed by atoms with van der Waals surface area (Å²) < 4.78 is 29.6. The van der Waals surface area contributed by atoms with Gasteiger partial charge in [0.2, 0.25) is 0 Å². The summed E-state index contributed by atoms with van der Waals surface area (Å²) in [5.41, 5.74) is 0.370. The third kappa shape index (κ3) is 1.60. The SMILES string of the molecule is OB(O)c1ccc2c(c1)OC(F)(F)[B]2. The van der Waals surface area contributed by atoms with Crippen molar-refractivity contribution < 1.29 is 23.6 Å². The zero-order chi connectivity index (χ0) is 10.3. The van der Waals surface area contributed by atoms with Crippen LogP contribution in [0.4, 0.5) is 8.78 Å². The molecule has 0 saturated heterocycles.